The second-order valence-electron chi connectivity index (χ2n) is 4.76. The van der Waals surface area contributed by atoms with Gasteiger partial charge in [-0.05, 0) is 29.7 Å². The van der Waals surface area contributed by atoms with Crippen LogP contribution in [-0.4, -0.2) is 12.5 Å². The molecule has 0 aliphatic rings. The van der Waals surface area contributed by atoms with Crippen LogP contribution in [0.4, 0.5) is 10.1 Å². The Morgan fingerprint density at radius 1 is 1.25 bits per heavy atom. The van der Waals surface area contributed by atoms with Crippen LogP contribution >= 0.6 is 0 Å². The Morgan fingerprint density at radius 3 is 2.60 bits per heavy atom. The maximum absolute atomic E-state index is 13.3. The molecule has 0 aliphatic carbocycles. The summed E-state index contributed by atoms with van der Waals surface area (Å²) in [6.45, 7) is 2.52. The molecule has 0 radical (unpaired) electrons. The zero-order valence-corrected chi connectivity index (χ0v) is 11.3. The third-order valence-electron chi connectivity index (χ3n) is 3.20. The molecule has 1 unspecified atom stereocenters. The van der Waals surface area contributed by atoms with Gasteiger partial charge < -0.3 is 11.1 Å². The number of halogens is 1. The number of benzene rings is 2. The number of hydrogen-bond acceptors (Lipinski definition) is 2. The highest BCUT2D eigenvalue weighted by Gasteiger charge is 2.10. The van der Waals surface area contributed by atoms with E-state index >= 15 is 0 Å². The van der Waals surface area contributed by atoms with Crippen molar-refractivity contribution in [3.8, 4) is 0 Å². The van der Waals surface area contributed by atoms with Crippen molar-refractivity contribution in [3.05, 3.63) is 65.5 Å². The van der Waals surface area contributed by atoms with Crippen LogP contribution in [-0.2, 0) is 0 Å². The molecule has 2 aromatic rings. The van der Waals surface area contributed by atoms with Gasteiger partial charge in [-0.25, -0.2) is 4.39 Å². The predicted molar refractivity (Wildman–Crippen MR) is 78.0 cm³/mol. The molecule has 0 aliphatic heterocycles. The Morgan fingerprint density at radius 2 is 1.95 bits per heavy atom. The molecule has 1 amide bonds. The van der Waals surface area contributed by atoms with Gasteiger partial charge in [0.1, 0.15) is 5.82 Å². The van der Waals surface area contributed by atoms with E-state index < -0.39 is 5.82 Å². The van der Waals surface area contributed by atoms with Crippen LogP contribution in [0.3, 0.4) is 0 Å². The van der Waals surface area contributed by atoms with Crippen LogP contribution in [0.2, 0.25) is 0 Å². The number of anilines is 1. The van der Waals surface area contributed by atoms with E-state index in [4.69, 9.17) is 5.73 Å². The first kappa shape index (κ1) is 14.1. The lowest BCUT2D eigenvalue weighted by atomic mass is 10.0. The van der Waals surface area contributed by atoms with E-state index in [1.807, 2.05) is 37.3 Å². The fraction of sp³-hybridized carbons (Fsp3) is 0.188. The number of nitrogen functional groups attached to an aromatic ring is 1. The van der Waals surface area contributed by atoms with Gasteiger partial charge in [-0.15, -0.1) is 0 Å². The van der Waals surface area contributed by atoms with Crippen molar-refractivity contribution in [3.63, 3.8) is 0 Å². The molecule has 0 bridgehead atoms. The van der Waals surface area contributed by atoms with Gasteiger partial charge in [0.15, 0.2) is 0 Å². The minimum atomic E-state index is -0.575. The number of rotatable bonds is 4. The molecular formula is C16H17FN2O. The minimum Gasteiger partial charge on any atom is -0.396 e. The first-order chi connectivity index (χ1) is 9.58. The number of amides is 1. The average Bonchev–Trinajstić information content (AvgIpc) is 2.48. The van der Waals surface area contributed by atoms with Crippen LogP contribution in [0.25, 0.3) is 0 Å². The van der Waals surface area contributed by atoms with Crippen LogP contribution in [0.1, 0.15) is 28.8 Å². The van der Waals surface area contributed by atoms with E-state index in [1.54, 1.807) is 0 Å². The van der Waals surface area contributed by atoms with Gasteiger partial charge in [0, 0.05) is 12.1 Å². The van der Waals surface area contributed by atoms with Crippen molar-refractivity contribution in [1.82, 2.24) is 5.32 Å². The average molecular weight is 272 g/mol. The van der Waals surface area contributed by atoms with Gasteiger partial charge in [0.05, 0.1) is 5.69 Å². The topological polar surface area (TPSA) is 55.1 Å². The summed E-state index contributed by atoms with van der Waals surface area (Å²) in [5.74, 6) is -0.681. The molecule has 2 rings (SSSR count). The standard InChI is InChI=1S/C16H17FN2O/c1-11(12-5-3-2-4-6-12)10-19-16(20)13-7-8-15(18)14(17)9-13/h2-9,11H,10,18H2,1H3,(H,19,20). The molecule has 0 aromatic heterocycles. The molecule has 20 heavy (non-hydrogen) atoms. The lowest BCUT2D eigenvalue weighted by Gasteiger charge is -2.13. The quantitative estimate of drug-likeness (QED) is 0.841. The Hall–Kier alpha value is -2.36. The second kappa shape index (κ2) is 6.19. The van der Waals surface area contributed by atoms with Gasteiger partial charge in [-0.3, -0.25) is 4.79 Å². The summed E-state index contributed by atoms with van der Waals surface area (Å²) in [4.78, 5) is 11.9. The van der Waals surface area contributed by atoms with E-state index in [-0.39, 0.29) is 23.1 Å². The molecule has 0 saturated carbocycles. The van der Waals surface area contributed by atoms with E-state index in [2.05, 4.69) is 5.32 Å². The zero-order valence-electron chi connectivity index (χ0n) is 11.3. The Labute approximate surface area is 117 Å². The summed E-state index contributed by atoms with van der Waals surface area (Å²) in [5, 5.41) is 2.80. The number of nitrogens with one attached hydrogen (secondary N) is 1. The van der Waals surface area contributed by atoms with Crippen LogP contribution < -0.4 is 11.1 Å². The molecule has 0 spiro atoms. The summed E-state index contributed by atoms with van der Waals surface area (Å²) in [7, 11) is 0. The van der Waals surface area contributed by atoms with Crippen LogP contribution in [0.15, 0.2) is 48.5 Å². The maximum atomic E-state index is 13.3. The van der Waals surface area contributed by atoms with Crippen molar-refractivity contribution in [2.75, 3.05) is 12.3 Å². The smallest absolute Gasteiger partial charge is 0.251 e. The van der Waals surface area contributed by atoms with Gasteiger partial charge >= 0.3 is 0 Å². The highest BCUT2D eigenvalue weighted by Crippen LogP contribution is 2.14. The largest absolute Gasteiger partial charge is 0.396 e. The molecule has 0 fully saturated rings. The molecule has 3 N–H and O–H groups in total. The van der Waals surface area contributed by atoms with Crippen LogP contribution in [0.5, 0.6) is 0 Å². The maximum Gasteiger partial charge on any atom is 0.251 e. The van der Waals surface area contributed by atoms with Crippen molar-refractivity contribution in [2.45, 2.75) is 12.8 Å². The van der Waals surface area contributed by atoms with Gasteiger partial charge in [0.2, 0.25) is 0 Å². The van der Waals surface area contributed by atoms with E-state index in [0.29, 0.717) is 6.54 Å². The summed E-state index contributed by atoms with van der Waals surface area (Å²) >= 11 is 0. The summed E-state index contributed by atoms with van der Waals surface area (Å²) < 4.78 is 13.3. The fourth-order valence-electron chi connectivity index (χ4n) is 1.92. The highest BCUT2D eigenvalue weighted by molar-refractivity contribution is 5.94. The SMILES string of the molecule is CC(CNC(=O)c1ccc(N)c(F)c1)c1ccccc1. The molecule has 2 aromatic carbocycles. The van der Waals surface area contributed by atoms with E-state index in [1.165, 1.54) is 12.1 Å². The first-order valence-corrected chi connectivity index (χ1v) is 6.46. The van der Waals surface area contributed by atoms with Gasteiger partial charge in [-0.2, -0.15) is 0 Å². The summed E-state index contributed by atoms with van der Waals surface area (Å²) in [6, 6.07) is 14.0. The number of carbonyl (C=O) groups excluding carboxylic acids is 1. The normalized spacial score (nSPS) is 11.9. The summed E-state index contributed by atoms with van der Waals surface area (Å²) in [6.07, 6.45) is 0. The number of carbonyl (C=O) groups is 1. The van der Waals surface area contributed by atoms with E-state index in [9.17, 15) is 9.18 Å². The van der Waals surface area contributed by atoms with Gasteiger partial charge in [-0.1, -0.05) is 37.3 Å². The number of hydrogen-bond donors (Lipinski definition) is 2. The lowest BCUT2D eigenvalue weighted by molar-refractivity contribution is 0.0951. The molecule has 3 nitrogen and oxygen atoms in total. The van der Waals surface area contributed by atoms with Gasteiger partial charge in [0.25, 0.3) is 5.91 Å². The van der Waals surface area contributed by atoms with Crippen LogP contribution in [0, 0.1) is 5.82 Å². The predicted octanol–water partition coefficient (Wildman–Crippen LogP) is 2.94. The molecule has 0 heterocycles. The van der Waals surface area contributed by atoms with Crippen molar-refractivity contribution < 1.29 is 9.18 Å². The zero-order chi connectivity index (χ0) is 14.5. The highest BCUT2D eigenvalue weighted by atomic mass is 19.1. The van der Waals surface area contributed by atoms with Crippen molar-refractivity contribution in [2.24, 2.45) is 0 Å². The van der Waals surface area contributed by atoms with Crippen molar-refractivity contribution in [1.29, 1.82) is 0 Å². The molecular weight excluding hydrogens is 255 g/mol. The molecule has 1 atom stereocenters. The molecule has 4 heteroatoms. The van der Waals surface area contributed by atoms with Crippen molar-refractivity contribution >= 4 is 11.6 Å². The summed E-state index contributed by atoms with van der Waals surface area (Å²) in [5.41, 5.74) is 6.85. The Bertz CT molecular complexity index is 599. The fourth-order valence-corrected chi connectivity index (χ4v) is 1.92. The Kier molecular flexibility index (Phi) is 4.35. The second-order valence-corrected chi connectivity index (χ2v) is 4.76. The lowest BCUT2D eigenvalue weighted by Crippen LogP contribution is -2.27. The molecule has 104 valence electrons. The monoisotopic (exact) mass is 272 g/mol. The first-order valence-electron chi connectivity index (χ1n) is 6.46. The molecule has 0 saturated heterocycles. The van der Waals surface area contributed by atoms with E-state index in [0.717, 1.165) is 11.6 Å². The third-order valence-corrected chi connectivity index (χ3v) is 3.20. The number of nitrogens with two attached hydrogens (primary N) is 1. The minimum absolute atomic E-state index is 0.0409. The Balaban J connectivity index is 1.97. The third kappa shape index (κ3) is 3.35.